The Kier molecular flexibility index (Phi) is 4.58. The van der Waals surface area contributed by atoms with Crippen LogP contribution in [0, 0.1) is 0 Å². The van der Waals surface area contributed by atoms with Crippen LogP contribution in [0.3, 0.4) is 0 Å². The fourth-order valence-electron chi connectivity index (χ4n) is 1.65. The summed E-state index contributed by atoms with van der Waals surface area (Å²) in [6.07, 6.45) is 3.58. The molecule has 0 aromatic heterocycles. The molecule has 1 heterocycles. The zero-order chi connectivity index (χ0) is 8.81. The van der Waals surface area contributed by atoms with Crippen molar-refractivity contribution in [1.82, 2.24) is 4.90 Å². The zero-order valence-corrected chi connectivity index (χ0v) is 7.96. The predicted octanol–water partition coefficient (Wildman–Crippen LogP) is 0.446. The number of nitrogens with zero attached hydrogens (tertiary/aromatic N) is 1. The van der Waals surface area contributed by atoms with E-state index in [1.165, 1.54) is 32.4 Å². The number of ether oxygens (including phenoxy) is 1. The number of hydrogen-bond donors (Lipinski definition) is 1. The third-order valence-electron chi connectivity index (χ3n) is 2.38. The van der Waals surface area contributed by atoms with Gasteiger partial charge in [-0.05, 0) is 32.4 Å². The molecule has 1 rings (SSSR count). The van der Waals surface area contributed by atoms with Crippen LogP contribution in [0.15, 0.2) is 0 Å². The van der Waals surface area contributed by atoms with E-state index in [2.05, 4.69) is 4.90 Å². The van der Waals surface area contributed by atoms with Gasteiger partial charge in [-0.3, -0.25) is 0 Å². The van der Waals surface area contributed by atoms with Crippen molar-refractivity contribution in [3.8, 4) is 0 Å². The lowest BCUT2D eigenvalue weighted by atomic mass is 10.3. The van der Waals surface area contributed by atoms with Gasteiger partial charge in [0.1, 0.15) is 0 Å². The largest absolute Gasteiger partial charge is 0.385 e. The molecule has 12 heavy (non-hydrogen) atoms. The molecule has 0 radical (unpaired) electrons. The minimum Gasteiger partial charge on any atom is -0.385 e. The van der Waals surface area contributed by atoms with Gasteiger partial charge < -0.3 is 15.4 Å². The molecule has 2 N–H and O–H groups in total. The first-order valence-corrected chi connectivity index (χ1v) is 4.80. The summed E-state index contributed by atoms with van der Waals surface area (Å²) in [5.74, 6) is 0. The molecule has 3 heteroatoms. The highest BCUT2D eigenvalue weighted by Gasteiger charge is 2.17. The van der Waals surface area contributed by atoms with E-state index in [1.807, 2.05) is 0 Å². The van der Waals surface area contributed by atoms with E-state index in [0.717, 1.165) is 13.2 Å². The normalized spacial score (nSPS) is 25.0. The number of rotatable bonds is 5. The first kappa shape index (κ1) is 9.96. The molecule has 1 aliphatic rings. The van der Waals surface area contributed by atoms with Crippen LogP contribution in [0.1, 0.15) is 19.3 Å². The van der Waals surface area contributed by atoms with Gasteiger partial charge in [0.2, 0.25) is 0 Å². The Hall–Kier alpha value is -0.120. The Morgan fingerprint density at radius 2 is 2.33 bits per heavy atom. The third-order valence-corrected chi connectivity index (χ3v) is 2.38. The molecule has 3 nitrogen and oxygen atoms in total. The summed E-state index contributed by atoms with van der Waals surface area (Å²) in [4.78, 5) is 2.44. The van der Waals surface area contributed by atoms with Crippen LogP contribution in [0.25, 0.3) is 0 Å². The number of nitrogens with two attached hydrogens (primary N) is 1. The predicted molar refractivity (Wildman–Crippen MR) is 50.1 cm³/mol. The van der Waals surface area contributed by atoms with E-state index in [9.17, 15) is 0 Å². The fourth-order valence-corrected chi connectivity index (χ4v) is 1.65. The quantitative estimate of drug-likeness (QED) is 0.612. The van der Waals surface area contributed by atoms with Gasteiger partial charge in [0.15, 0.2) is 0 Å². The molecule has 0 aromatic rings. The Labute approximate surface area is 74.9 Å². The van der Waals surface area contributed by atoms with E-state index in [-0.39, 0.29) is 0 Å². The lowest BCUT2D eigenvalue weighted by Crippen LogP contribution is -2.27. The smallest absolute Gasteiger partial charge is 0.0462 e. The molecule has 0 aromatic carbocycles. The Morgan fingerprint density at radius 3 is 2.92 bits per heavy atom. The van der Waals surface area contributed by atoms with E-state index >= 15 is 0 Å². The van der Waals surface area contributed by atoms with Crippen molar-refractivity contribution in [1.29, 1.82) is 0 Å². The molecule has 1 aliphatic heterocycles. The maximum Gasteiger partial charge on any atom is 0.0462 e. The van der Waals surface area contributed by atoms with Crippen LogP contribution in [0.4, 0.5) is 0 Å². The number of hydrogen-bond acceptors (Lipinski definition) is 3. The number of methoxy groups -OCH3 is 1. The molecule has 1 atom stereocenters. The minimum absolute atomic E-state index is 0.424. The first-order chi connectivity index (χ1) is 5.83. The first-order valence-electron chi connectivity index (χ1n) is 4.80. The molecule has 0 aliphatic carbocycles. The lowest BCUT2D eigenvalue weighted by molar-refractivity contribution is 0.187. The molecular formula is C9H20N2O. The van der Waals surface area contributed by atoms with Crippen molar-refractivity contribution in [3.63, 3.8) is 0 Å². The highest BCUT2D eigenvalue weighted by atomic mass is 16.5. The minimum atomic E-state index is 0.424. The topological polar surface area (TPSA) is 38.5 Å². The molecule has 0 bridgehead atoms. The summed E-state index contributed by atoms with van der Waals surface area (Å²) >= 11 is 0. The fraction of sp³-hybridized carbons (Fsp3) is 1.00. The van der Waals surface area contributed by atoms with Crippen LogP contribution in [0.5, 0.6) is 0 Å². The molecule has 0 spiro atoms. The maximum atomic E-state index is 5.79. The average Bonchev–Trinajstić information content (AvgIpc) is 2.45. The second-order valence-corrected chi connectivity index (χ2v) is 3.55. The highest BCUT2D eigenvalue weighted by molar-refractivity contribution is 4.77. The second-order valence-electron chi connectivity index (χ2n) is 3.55. The molecule has 0 amide bonds. The molecule has 0 saturated carbocycles. The van der Waals surface area contributed by atoms with E-state index in [4.69, 9.17) is 10.5 Å². The summed E-state index contributed by atoms with van der Waals surface area (Å²) in [5.41, 5.74) is 5.79. The van der Waals surface area contributed by atoms with Gasteiger partial charge in [-0.25, -0.2) is 0 Å². The highest BCUT2D eigenvalue weighted by Crippen LogP contribution is 2.07. The van der Waals surface area contributed by atoms with Crippen molar-refractivity contribution in [3.05, 3.63) is 0 Å². The Morgan fingerprint density at radius 1 is 1.50 bits per heavy atom. The van der Waals surface area contributed by atoms with Crippen LogP contribution in [0.2, 0.25) is 0 Å². The number of unbranched alkanes of at least 4 members (excludes halogenated alkanes) is 1. The van der Waals surface area contributed by atoms with Gasteiger partial charge in [-0.1, -0.05) is 0 Å². The van der Waals surface area contributed by atoms with Gasteiger partial charge in [-0.15, -0.1) is 0 Å². The monoisotopic (exact) mass is 172 g/mol. The van der Waals surface area contributed by atoms with E-state index < -0.39 is 0 Å². The van der Waals surface area contributed by atoms with E-state index in [0.29, 0.717) is 6.04 Å². The van der Waals surface area contributed by atoms with E-state index in [1.54, 1.807) is 7.11 Å². The summed E-state index contributed by atoms with van der Waals surface area (Å²) in [6.45, 7) is 4.36. The van der Waals surface area contributed by atoms with Crippen molar-refractivity contribution in [2.75, 3.05) is 33.4 Å². The maximum absolute atomic E-state index is 5.79. The van der Waals surface area contributed by atoms with Crippen molar-refractivity contribution in [2.45, 2.75) is 25.3 Å². The lowest BCUT2D eigenvalue weighted by Gasteiger charge is -2.14. The van der Waals surface area contributed by atoms with Gasteiger partial charge in [0, 0.05) is 26.3 Å². The van der Waals surface area contributed by atoms with Crippen LogP contribution < -0.4 is 5.73 Å². The van der Waals surface area contributed by atoms with Gasteiger partial charge in [0.05, 0.1) is 0 Å². The van der Waals surface area contributed by atoms with Crippen LogP contribution in [-0.4, -0.2) is 44.3 Å². The molecular weight excluding hydrogens is 152 g/mol. The van der Waals surface area contributed by atoms with Crippen molar-refractivity contribution < 1.29 is 4.74 Å². The van der Waals surface area contributed by atoms with Crippen LogP contribution in [-0.2, 0) is 4.74 Å². The Bertz CT molecular complexity index is 119. The summed E-state index contributed by atoms with van der Waals surface area (Å²) in [5, 5.41) is 0. The van der Waals surface area contributed by atoms with Crippen molar-refractivity contribution >= 4 is 0 Å². The standard InChI is InChI=1S/C9H20N2O/c1-12-7-3-2-5-11-6-4-9(10)8-11/h9H,2-8,10H2,1H3. The Balaban J connectivity index is 1.93. The third kappa shape index (κ3) is 3.52. The molecule has 1 saturated heterocycles. The van der Waals surface area contributed by atoms with Gasteiger partial charge in [-0.2, -0.15) is 0 Å². The van der Waals surface area contributed by atoms with Crippen LogP contribution >= 0.6 is 0 Å². The van der Waals surface area contributed by atoms with Gasteiger partial charge in [0.25, 0.3) is 0 Å². The second kappa shape index (κ2) is 5.51. The van der Waals surface area contributed by atoms with Gasteiger partial charge >= 0.3 is 0 Å². The summed E-state index contributed by atoms with van der Waals surface area (Å²) in [7, 11) is 1.76. The average molecular weight is 172 g/mol. The molecule has 1 unspecified atom stereocenters. The summed E-state index contributed by atoms with van der Waals surface area (Å²) < 4.78 is 4.98. The van der Waals surface area contributed by atoms with Crippen molar-refractivity contribution in [2.24, 2.45) is 5.73 Å². The SMILES string of the molecule is COCCCCN1CCC(N)C1. The number of likely N-dealkylation sites (tertiary alicyclic amines) is 1. The molecule has 1 fully saturated rings. The summed E-state index contributed by atoms with van der Waals surface area (Å²) in [6, 6.07) is 0.424. The molecule has 72 valence electrons. The zero-order valence-electron chi connectivity index (χ0n) is 7.96.